The molecule has 3 atom stereocenters. The maximum Gasteiger partial charge on any atom is 0.487 e. The first-order chi connectivity index (χ1) is 8.01. The van der Waals surface area contributed by atoms with Crippen LogP contribution in [0.1, 0.15) is 45.4 Å². The molecule has 1 aliphatic heterocycles. The highest BCUT2D eigenvalue weighted by Gasteiger charge is 2.66. The molecular weight excluding hydrogens is 215 g/mol. The minimum absolute atomic E-state index is 0.167. The molecule has 2 aliphatic carbocycles. The van der Waals surface area contributed by atoms with Crippen LogP contribution in [0.15, 0.2) is 12.1 Å². The van der Waals surface area contributed by atoms with Gasteiger partial charge in [0.15, 0.2) is 0 Å². The number of carbonyl (C=O) groups excluding carboxylic acids is 1. The van der Waals surface area contributed by atoms with Gasteiger partial charge < -0.3 is 9.68 Å². The normalized spacial score (nSPS) is 45.8. The summed E-state index contributed by atoms with van der Waals surface area (Å²) in [4.78, 5) is 12.3. The Morgan fingerprint density at radius 1 is 1.47 bits per heavy atom. The third-order valence-electron chi connectivity index (χ3n) is 5.32. The highest BCUT2D eigenvalue weighted by Crippen LogP contribution is 2.60. The van der Waals surface area contributed by atoms with E-state index < -0.39 is 18.1 Å². The first kappa shape index (κ1) is 11.5. The molecule has 0 amide bonds. The van der Waals surface area contributed by atoms with E-state index >= 15 is 0 Å². The van der Waals surface area contributed by atoms with E-state index in [0.717, 1.165) is 37.6 Å². The zero-order valence-corrected chi connectivity index (χ0v) is 10.4. The van der Waals surface area contributed by atoms with Crippen molar-refractivity contribution in [3.05, 3.63) is 12.1 Å². The monoisotopic (exact) mass is 234 g/mol. The maximum atomic E-state index is 12.3. The van der Waals surface area contributed by atoms with Crippen molar-refractivity contribution in [1.29, 1.82) is 0 Å². The summed E-state index contributed by atoms with van der Waals surface area (Å²) >= 11 is 0. The molecule has 0 bridgehead atoms. The van der Waals surface area contributed by atoms with Crippen LogP contribution in [-0.2, 0) is 9.45 Å². The van der Waals surface area contributed by atoms with Crippen molar-refractivity contribution in [3.8, 4) is 0 Å². The fourth-order valence-electron chi connectivity index (χ4n) is 4.30. The molecule has 0 unspecified atom stereocenters. The number of hydrogen-bond acceptors (Lipinski definition) is 3. The van der Waals surface area contributed by atoms with Gasteiger partial charge in [-0.1, -0.05) is 6.42 Å². The Morgan fingerprint density at radius 3 is 3.00 bits per heavy atom. The second-order valence-corrected chi connectivity index (χ2v) is 5.99. The molecule has 0 aromatic heterocycles. The van der Waals surface area contributed by atoms with E-state index in [1.54, 1.807) is 0 Å². The first-order valence-corrected chi connectivity index (χ1v) is 6.59. The molecule has 92 valence electrons. The van der Waals surface area contributed by atoms with Gasteiger partial charge in [-0.3, -0.25) is 4.79 Å². The van der Waals surface area contributed by atoms with E-state index in [1.165, 1.54) is 0 Å². The Bertz CT molecular complexity index is 394. The zero-order chi connectivity index (χ0) is 12.3. The van der Waals surface area contributed by atoms with E-state index in [1.807, 2.05) is 6.92 Å². The predicted octanol–water partition coefficient (Wildman–Crippen LogP) is 1.89. The topological polar surface area (TPSA) is 46.5 Å². The summed E-state index contributed by atoms with van der Waals surface area (Å²) in [5.41, 5.74) is -0.0864. The SMILES string of the molecule is C=C1B(O)O[C@@]23CCCC(=O)[C@]2(C)CCC[C@@H]13. The Labute approximate surface area is 102 Å². The predicted molar refractivity (Wildman–Crippen MR) is 65.2 cm³/mol. The van der Waals surface area contributed by atoms with E-state index in [9.17, 15) is 9.82 Å². The van der Waals surface area contributed by atoms with Crippen LogP contribution in [0.2, 0.25) is 0 Å². The Balaban J connectivity index is 2.10. The Kier molecular flexibility index (Phi) is 2.33. The third-order valence-corrected chi connectivity index (χ3v) is 5.32. The second kappa shape index (κ2) is 3.45. The lowest BCUT2D eigenvalue weighted by molar-refractivity contribution is -0.163. The molecule has 17 heavy (non-hydrogen) atoms. The number of hydrogen-bond donors (Lipinski definition) is 1. The van der Waals surface area contributed by atoms with Crippen molar-refractivity contribution >= 4 is 12.9 Å². The molecule has 1 spiro atoms. The van der Waals surface area contributed by atoms with E-state index in [2.05, 4.69) is 6.58 Å². The molecule has 2 saturated carbocycles. The highest BCUT2D eigenvalue weighted by atomic mass is 16.5. The maximum absolute atomic E-state index is 12.3. The molecule has 3 aliphatic rings. The van der Waals surface area contributed by atoms with Crippen LogP contribution in [-0.4, -0.2) is 23.5 Å². The van der Waals surface area contributed by atoms with Crippen LogP contribution < -0.4 is 0 Å². The number of carbonyl (C=O) groups is 1. The summed E-state index contributed by atoms with van der Waals surface area (Å²) in [5, 5.41) is 9.93. The van der Waals surface area contributed by atoms with Crippen LogP contribution in [0.4, 0.5) is 0 Å². The lowest BCUT2D eigenvalue weighted by Crippen LogP contribution is -2.59. The van der Waals surface area contributed by atoms with Gasteiger partial charge >= 0.3 is 7.12 Å². The largest absolute Gasteiger partial charge is 0.487 e. The molecule has 0 radical (unpaired) electrons. The molecule has 1 heterocycles. The van der Waals surface area contributed by atoms with Crippen molar-refractivity contribution in [2.45, 2.75) is 51.0 Å². The Morgan fingerprint density at radius 2 is 2.24 bits per heavy atom. The zero-order valence-electron chi connectivity index (χ0n) is 10.4. The van der Waals surface area contributed by atoms with E-state index in [-0.39, 0.29) is 5.92 Å². The molecule has 0 aromatic rings. The van der Waals surface area contributed by atoms with Crippen molar-refractivity contribution in [2.24, 2.45) is 11.3 Å². The fraction of sp³-hybridized carbons (Fsp3) is 0.769. The van der Waals surface area contributed by atoms with Crippen LogP contribution in [0.5, 0.6) is 0 Å². The molecular formula is C13H19BO3. The average molecular weight is 234 g/mol. The molecule has 3 nitrogen and oxygen atoms in total. The van der Waals surface area contributed by atoms with Crippen molar-refractivity contribution in [2.75, 3.05) is 0 Å². The number of ketones is 1. The smallest absolute Gasteiger partial charge is 0.423 e. The van der Waals surface area contributed by atoms with Crippen LogP contribution in [0, 0.1) is 11.3 Å². The van der Waals surface area contributed by atoms with Crippen LogP contribution >= 0.6 is 0 Å². The van der Waals surface area contributed by atoms with Crippen LogP contribution in [0.3, 0.4) is 0 Å². The minimum Gasteiger partial charge on any atom is -0.423 e. The highest BCUT2D eigenvalue weighted by molar-refractivity contribution is 6.53. The summed E-state index contributed by atoms with van der Waals surface area (Å²) in [7, 11) is -0.872. The van der Waals surface area contributed by atoms with E-state index in [4.69, 9.17) is 4.65 Å². The van der Waals surface area contributed by atoms with Gasteiger partial charge in [0.25, 0.3) is 0 Å². The Hall–Kier alpha value is -0.605. The average Bonchev–Trinajstić information content (AvgIpc) is 2.53. The minimum atomic E-state index is -0.872. The van der Waals surface area contributed by atoms with E-state index in [0.29, 0.717) is 12.2 Å². The van der Waals surface area contributed by atoms with Gasteiger partial charge in [0.05, 0.1) is 11.0 Å². The first-order valence-electron chi connectivity index (χ1n) is 6.59. The van der Waals surface area contributed by atoms with Crippen molar-refractivity contribution < 1.29 is 14.5 Å². The summed E-state index contributed by atoms with van der Waals surface area (Å²) in [6, 6.07) is 0. The van der Waals surface area contributed by atoms with Gasteiger partial charge in [-0.15, -0.1) is 6.58 Å². The standard InChI is InChI=1S/C13H19BO3/c1-9-10-5-3-7-12(2)11(15)6-4-8-13(10,12)17-14(9)16/h10,16H,1,3-8H2,2H3/t10-,12-,13+/m0/s1. The lowest BCUT2D eigenvalue weighted by atomic mass is 9.52. The summed E-state index contributed by atoms with van der Waals surface area (Å²) in [5.74, 6) is 0.482. The summed E-state index contributed by atoms with van der Waals surface area (Å²) in [6.07, 6.45) is 5.35. The summed E-state index contributed by atoms with van der Waals surface area (Å²) in [6.45, 7) is 6.01. The summed E-state index contributed by atoms with van der Waals surface area (Å²) < 4.78 is 5.88. The molecule has 1 N–H and O–H groups in total. The van der Waals surface area contributed by atoms with Crippen molar-refractivity contribution in [1.82, 2.24) is 0 Å². The van der Waals surface area contributed by atoms with Gasteiger partial charge in [0.2, 0.25) is 0 Å². The lowest BCUT2D eigenvalue weighted by Gasteiger charge is -2.54. The molecule has 3 fully saturated rings. The number of Topliss-reactive ketones (excluding diaryl/α,β-unsaturated/α-hetero) is 1. The number of rotatable bonds is 0. The third kappa shape index (κ3) is 1.23. The van der Waals surface area contributed by atoms with Crippen molar-refractivity contribution in [3.63, 3.8) is 0 Å². The quantitative estimate of drug-likeness (QED) is 0.651. The van der Waals surface area contributed by atoms with Gasteiger partial charge in [-0.25, -0.2) is 0 Å². The van der Waals surface area contributed by atoms with Gasteiger partial charge in [-0.2, -0.15) is 0 Å². The molecule has 0 aromatic carbocycles. The van der Waals surface area contributed by atoms with Gasteiger partial charge in [0.1, 0.15) is 5.78 Å². The van der Waals surface area contributed by atoms with Gasteiger partial charge in [0, 0.05) is 12.3 Å². The molecule has 4 heteroatoms. The fourth-order valence-corrected chi connectivity index (χ4v) is 4.30. The van der Waals surface area contributed by atoms with Gasteiger partial charge in [-0.05, 0) is 38.1 Å². The second-order valence-electron chi connectivity index (χ2n) is 5.99. The van der Waals surface area contributed by atoms with Crippen LogP contribution in [0.25, 0.3) is 0 Å². The molecule has 1 saturated heterocycles. The molecule has 3 rings (SSSR count).